The molecule has 19 heavy (non-hydrogen) atoms. The second-order valence-corrected chi connectivity index (χ2v) is 5.32. The molecule has 1 aromatic carbocycles. The molecular formula is C16H28NO2+. The van der Waals surface area contributed by atoms with Crippen LogP contribution in [0.15, 0.2) is 18.2 Å². The highest BCUT2D eigenvalue weighted by Crippen LogP contribution is 2.23. The average molecular weight is 266 g/mol. The summed E-state index contributed by atoms with van der Waals surface area (Å²) in [5.41, 5.74) is 2.70. The highest BCUT2D eigenvalue weighted by atomic mass is 16.5. The molecule has 0 aliphatic rings. The van der Waals surface area contributed by atoms with E-state index in [-0.39, 0.29) is 6.61 Å². The molecule has 1 aromatic rings. The van der Waals surface area contributed by atoms with E-state index < -0.39 is 0 Å². The summed E-state index contributed by atoms with van der Waals surface area (Å²) < 4.78 is 5.76. The number of hydrogen-bond acceptors (Lipinski definition) is 2. The van der Waals surface area contributed by atoms with Crippen molar-refractivity contribution >= 4 is 0 Å². The Morgan fingerprint density at radius 1 is 1.21 bits per heavy atom. The monoisotopic (exact) mass is 266 g/mol. The third kappa shape index (κ3) is 6.08. The van der Waals surface area contributed by atoms with Gasteiger partial charge in [-0.2, -0.15) is 0 Å². The van der Waals surface area contributed by atoms with Gasteiger partial charge in [-0.3, -0.25) is 0 Å². The summed E-state index contributed by atoms with van der Waals surface area (Å²) in [6.07, 6.45) is 2.19. The molecule has 0 spiro atoms. The fourth-order valence-electron chi connectivity index (χ4n) is 2.20. The molecule has 0 saturated heterocycles. The van der Waals surface area contributed by atoms with Crippen molar-refractivity contribution in [3.63, 3.8) is 0 Å². The second kappa shape index (κ2) is 8.94. The summed E-state index contributed by atoms with van der Waals surface area (Å²) in [6, 6.07) is 6.37. The molecule has 1 rings (SSSR count). The zero-order chi connectivity index (χ0) is 14.1. The first kappa shape index (κ1) is 16.0. The van der Waals surface area contributed by atoms with Gasteiger partial charge in [-0.15, -0.1) is 0 Å². The molecule has 0 fully saturated rings. The Kier molecular flexibility index (Phi) is 7.53. The van der Waals surface area contributed by atoms with Crippen LogP contribution in [0.1, 0.15) is 43.7 Å². The van der Waals surface area contributed by atoms with Crippen LogP contribution >= 0.6 is 0 Å². The van der Waals surface area contributed by atoms with E-state index in [4.69, 9.17) is 9.84 Å². The molecule has 3 N–H and O–H groups in total. The van der Waals surface area contributed by atoms with E-state index in [1.807, 2.05) is 0 Å². The van der Waals surface area contributed by atoms with Gasteiger partial charge in [0.05, 0.1) is 26.3 Å². The largest absolute Gasteiger partial charge is 0.494 e. The molecule has 108 valence electrons. The minimum atomic E-state index is 0.262. The van der Waals surface area contributed by atoms with E-state index >= 15 is 0 Å². The fourth-order valence-corrected chi connectivity index (χ4v) is 2.20. The molecule has 0 aliphatic carbocycles. The number of aryl methyl sites for hydroxylation is 1. The summed E-state index contributed by atoms with van der Waals surface area (Å²) in [4.78, 5) is 0. The lowest BCUT2D eigenvalue weighted by Gasteiger charge is -2.12. The molecule has 0 heterocycles. The van der Waals surface area contributed by atoms with Gasteiger partial charge in [0.25, 0.3) is 0 Å². The van der Waals surface area contributed by atoms with E-state index in [9.17, 15) is 0 Å². The smallest absolute Gasteiger partial charge is 0.119 e. The minimum absolute atomic E-state index is 0.262. The number of unbranched alkanes of at least 4 members (excludes halogenated alkanes) is 1. The van der Waals surface area contributed by atoms with E-state index in [0.717, 1.165) is 38.3 Å². The van der Waals surface area contributed by atoms with Crippen molar-refractivity contribution < 1.29 is 15.2 Å². The first-order valence-corrected chi connectivity index (χ1v) is 7.31. The molecular weight excluding hydrogens is 238 g/mol. The summed E-state index contributed by atoms with van der Waals surface area (Å²) in [6.45, 7) is 9.47. The molecule has 0 unspecified atom stereocenters. The predicted octanol–water partition coefficient (Wildman–Crippen LogP) is 1.83. The van der Waals surface area contributed by atoms with Gasteiger partial charge in [0.2, 0.25) is 0 Å². The van der Waals surface area contributed by atoms with Gasteiger partial charge in [-0.1, -0.05) is 19.9 Å². The van der Waals surface area contributed by atoms with Crippen molar-refractivity contribution in [3.8, 4) is 5.75 Å². The number of aliphatic hydroxyl groups is 1. The van der Waals surface area contributed by atoms with Crippen LogP contribution in [0.25, 0.3) is 0 Å². The van der Waals surface area contributed by atoms with Crippen LogP contribution < -0.4 is 10.1 Å². The Hall–Kier alpha value is -1.06. The van der Waals surface area contributed by atoms with Crippen LogP contribution in [0.4, 0.5) is 0 Å². The van der Waals surface area contributed by atoms with Crippen LogP contribution in [0.2, 0.25) is 0 Å². The number of aliphatic hydroxyl groups excluding tert-OH is 1. The number of benzene rings is 1. The molecule has 0 aromatic heterocycles. The van der Waals surface area contributed by atoms with E-state index in [1.165, 1.54) is 11.1 Å². The number of rotatable bonds is 9. The maximum atomic E-state index is 8.65. The summed E-state index contributed by atoms with van der Waals surface area (Å²) in [5, 5.41) is 10.8. The number of ether oxygens (including phenoxy) is 1. The van der Waals surface area contributed by atoms with Crippen LogP contribution in [-0.2, 0) is 0 Å². The molecule has 0 bridgehead atoms. The maximum Gasteiger partial charge on any atom is 0.119 e. The van der Waals surface area contributed by atoms with Gasteiger partial charge in [-0.05, 0) is 48.9 Å². The average Bonchev–Trinajstić information content (AvgIpc) is 2.37. The van der Waals surface area contributed by atoms with Gasteiger partial charge in [0, 0.05) is 0 Å². The quantitative estimate of drug-likeness (QED) is 0.670. The molecule has 3 heteroatoms. The van der Waals surface area contributed by atoms with Gasteiger partial charge >= 0.3 is 0 Å². The summed E-state index contributed by atoms with van der Waals surface area (Å²) in [7, 11) is 0. The van der Waals surface area contributed by atoms with Crippen molar-refractivity contribution in [2.75, 3.05) is 26.3 Å². The molecule has 0 radical (unpaired) electrons. The Morgan fingerprint density at radius 2 is 2.00 bits per heavy atom. The predicted molar refractivity (Wildman–Crippen MR) is 78.7 cm³/mol. The first-order valence-electron chi connectivity index (χ1n) is 7.31. The highest BCUT2D eigenvalue weighted by Gasteiger charge is 2.04. The van der Waals surface area contributed by atoms with E-state index in [0.29, 0.717) is 5.92 Å². The Labute approximate surface area is 117 Å². The Bertz CT molecular complexity index is 364. The maximum absolute atomic E-state index is 8.65. The van der Waals surface area contributed by atoms with Crippen LogP contribution in [-0.4, -0.2) is 31.4 Å². The standard InChI is InChI=1S/C16H27NO2/c1-13(2)16-7-6-15(12-14(16)3)19-11-5-4-8-17-9-10-18/h6-7,12-13,17-18H,4-5,8-11H2,1-3H3/p+1. The SMILES string of the molecule is Cc1cc(OCCCC[NH2+]CCO)ccc1C(C)C. The normalized spacial score (nSPS) is 11.0. The van der Waals surface area contributed by atoms with Crippen LogP contribution in [0, 0.1) is 6.92 Å². The number of hydrogen-bond donors (Lipinski definition) is 2. The lowest BCUT2D eigenvalue weighted by atomic mass is 9.98. The number of nitrogens with two attached hydrogens (primary N) is 1. The van der Waals surface area contributed by atoms with Crippen LogP contribution in [0.3, 0.4) is 0 Å². The van der Waals surface area contributed by atoms with Gasteiger partial charge < -0.3 is 15.2 Å². The molecule has 3 nitrogen and oxygen atoms in total. The highest BCUT2D eigenvalue weighted by molar-refractivity contribution is 5.36. The van der Waals surface area contributed by atoms with Gasteiger partial charge in [-0.25, -0.2) is 0 Å². The van der Waals surface area contributed by atoms with Gasteiger partial charge in [0.15, 0.2) is 0 Å². The summed E-state index contributed by atoms with van der Waals surface area (Å²) in [5.74, 6) is 1.54. The summed E-state index contributed by atoms with van der Waals surface area (Å²) >= 11 is 0. The topological polar surface area (TPSA) is 46.1 Å². The fraction of sp³-hybridized carbons (Fsp3) is 0.625. The van der Waals surface area contributed by atoms with Crippen molar-refractivity contribution in [2.24, 2.45) is 0 Å². The van der Waals surface area contributed by atoms with Gasteiger partial charge in [0.1, 0.15) is 5.75 Å². The molecule has 0 saturated carbocycles. The Balaban J connectivity index is 2.25. The minimum Gasteiger partial charge on any atom is -0.494 e. The third-order valence-corrected chi connectivity index (χ3v) is 3.27. The second-order valence-electron chi connectivity index (χ2n) is 5.32. The lowest BCUT2D eigenvalue weighted by molar-refractivity contribution is -0.656. The van der Waals surface area contributed by atoms with Crippen molar-refractivity contribution in [3.05, 3.63) is 29.3 Å². The van der Waals surface area contributed by atoms with Crippen molar-refractivity contribution in [2.45, 2.75) is 39.5 Å². The zero-order valence-electron chi connectivity index (χ0n) is 12.5. The Morgan fingerprint density at radius 3 is 2.63 bits per heavy atom. The van der Waals surface area contributed by atoms with E-state index in [1.54, 1.807) is 0 Å². The lowest BCUT2D eigenvalue weighted by Crippen LogP contribution is -2.85. The third-order valence-electron chi connectivity index (χ3n) is 3.27. The first-order chi connectivity index (χ1) is 9.15. The van der Waals surface area contributed by atoms with Crippen molar-refractivity contribution in [1.82, 2.24) is 0 Å². The van der Waals surface area contributed by atoms with E-state index in [2.05, 4.69) is 44.3 Å². The molecule has 0 amide bonds. The van der Waals surface area contributed by atoms with Crippen molar-refractivity contribution in [1.29, 1.82) is 0 Å². The molecule has 0 atom stereocenters. The number of quaternary nitrogens is 1. The van der Waals surface area contributed by atoms with Crippen LogP contribution in [0.5, 0.6) is 5.75 Å². The zero-order valence-corrected chi connectivity index (χ0v) is 12.5. The molecule has 0 aliphatic heterocycles.